The maximum Gasteiger partial charge on any atom is 0.160 e. The molecule has 78 valence electrons. The molecule has 0 aromatic heterocycles. The number of ether oxygens (including phenoxy) is 1. The quantitative estimate of drug-likeness (QED) is 0.666. The summed E-state index contributed by atoms with van der Waals surface area (Å²) in [7, 11) is 1.49. The zero-order valence-electron chi connectivity index (χ0n) is 8.10. The first-order valence-electron chi connectivity index (χ1n) is 4.42. The van der Waals surface area contributed by atoms with E-state index in [1.807, 2.05) is 0 Å². The fraction of sp³-hybridized carbons (Fsp3) is 0.400. The summed E-state index contributed by atoms with van der Waals surface area (Å²) in [4.78, 5) is 0. The Kier molecular flexibility index (Phi) is 3.73. The van der Waals surface area contributed by atoms with Gasteiger partial charge in [0, 0.05) is 12.6 Å². The van der Waals surface area contributed by atoms with Gasteiger partial charge >= 0.3 is 0 Å². The molecule has 0 bridgehead atoms. The number of aliphatic hydroxyl groups is 1. The minimum atomic E-state index is -0.253. The molecule has 1 unspecified atom stereocenters. The van der Waals surface area contributed by atoms with Gasteiger partial charge in [-0.3, -0.25) is 0 Å². The van der Waals surface area contributed by atoms with Crippen molar-refractivity contribution in [1.82, 2.24) is 0 Å². The summed E-state index contributed by atoms with van der Waals surface area (Å²) in [6.07, 6.45) is 0.478. The number of phenolic OH excluding ortho intramolecular Hbond substituents is 1. The maximum atomic E-state index is 9.47. The molecule has 1 atom stereocenters. The Balaban J connectivity index is 2.85. The highest BCUT2D eigenvalue weighted by atomic mass is 16.5. The normalized spacial score (nSPS) is 12.5. The SMILES string of the molecule is COc1ccc(C(N)CCO)cc1O. The molecule has 0 fully saturated rings. The van der Waals surface area contributed by atoms with Gasteiger partial charge in [0.05, 0.1) is 7.11 Å². The summed E-state index contributed by atoms with van der Waals surface area (Å²) in [6.45, 7) is 0.0357. The summed E-state index contributed by atoms with van der Waals surface area (Å²) in [5, 5.41) is 18.2. The highest BCUT2D eigenvalue weighted by Crippen LogP contribution is 2.28. The summed E-state index contributed by atoms with van der Waals surface area (Å²) >= 11 is 0. The van der Waals surface area contributed by atoms with Crippen molar-refractivity contribution >= 4 is 0 Å². The molecule has 0 spiro atoms. The Bertz CT molecular complexity index is 301. The summed E-state index contributed by atoms with van der Waals surface area (Å²) in [5.74, 6) is 0.489. The van der Waals surface area contributed by atoms with Crippen LogP contribution in [0, 0.1) is 0 Å². The van der Waals surface area contributed by atoms with E-state index in [4.69, 9.17) is 15.6 Å². The van der Waals surface area contributed by atoms with Crippen LogP contribution in [0.4, 0.5) is 0 Å². The van der Waals surface area contributed by atoms with Crippen LogP contribution in [0.3, 0.4) is 0 Å². The van der Waals surface area contributed by atoms with Crippen LogP contribution >= 0.6 is 0 Å². The first-order chi connectivity index (χ1) is 6.69. The van der Waals surface area contributed by atoms with Crippen LogP contribution in [0.1, 0.15) is 18.0 Å². The molecule has 4 N–H and O–H groups in total. The monoisotopic (exact) mass is 197 g/mol. The van der Waals surface area contributed by atoms with Gasteiger partial charge in [0.15, 0.2) is 11.5 Å². The maximum absolute atomic E-state index is 9.47. The Morgan fingerprint density at radius 3 is 2.71 bits per heavy atom. The molecule has 0 saturated carbocycles. The number of benzene rings is 1. The van der Waals surface area contributed by atoms with Crippen LogP contribution in [-0.4, -0.2) is 23.9 Å². The van der Waals surface area contributed by atoms with E-state index in [-0.39, 0.29) is 18.4 Å². The number of phenols is 1. The summed E-state index contributed by atoms with van der Waals surface area (Å²) in [5.41, 5.74) is 6.54. The van der Waals surface area contributed by atoms with Gasteiger partial charge in [-0.1, -0.05) is 6.07 Å². The lowest BCUT2D eigenvalue weighted by molar-refractivity contribution is 0.276. The molecule has 0 radical (unpaired) electrons. The second-order valence-corrected chi connectivity index (χ2v) is 3.05. The molecule has 0 aliphatic rings. The molecule has 0 aliphatic heterocycles. The van der Waals surface area contributed by atoms with Crippen molar-refractivity contribution in [3.63, 3.8) is 0 Å². The van der Waals surface area contributed by atoms with Crippen molar-refractivity contribution in [2.24, 2.45) is 5.73 Å². The van der Waals surface area contributed by atoms with Crippen LogP contribution in [0.25, 0.3) is 0 Å². The van der Waals surface area contributed by atoms with E-state index in [2.05, 4.69) is 0 Å². The molecule has 4 heteroatoms. The van der Waals surface area contributed by atoms with Gasteiger partial charge in [0.1, 0.15) is 0 Å². The molecule has 0 aliphatic carbocycles. The summed E-state index contributed by atoms with van der Waals surface area (Å²) < 4.78 is 4.90. The molecule has 0 amide bonds. The lowest BCUT2D eigenvalue weighted by atomic mass is 10.0. The minimum Gasteiger partial charge on any atom is -0.504 e. The van der Waals surface area contributed by atoms with Gasteiger partial charge in [-0.2, -0.15) is 0 Å². The van der Waals surface area contributed by atoms with Crippen molar-refractivity contribution in [3.05, 3.63) is 23.8 Å². The average molecular weight is 197 g/mol. The second-order valence-electron chi connectivity index (χ2n) is 3.05. The Labute approximate surface area is 82.9 Å². The summed E-state index contributed by atoms with van der Waals surface area (Å²) in [6, 6.07) is 4.73. The van der Waals surface area contributed by atoms with Gasteiger partial charge in [-0.25, -0.2) is 0 Å². The van der Waals surface area contributed by atoms with Crippen molar-refractivity contribution in [2.75, 3.05) is 13.7 Å². The molecular formula is C10H15NO3. The van der Waals surface area contributed by atoms with E-state index in [0.717, 1.165) is 5.56 Å². The number of hydrogen-bond donors (Lipinski definition) is 3. The topological polar surface area (TPSA) is 75.7 Å². The predicted octanol–water partition coefficient (Wildman–Crippen LogP) is 0.783. The van der Waals surface area contributed by atoms with Gasteiger partial charge in [0.2, 0.25) is 0 Å². The number of aromatic hydroxyl groups is 1. The van der Waals surface area contributed by atoms with Crippen molar-refractivity contribution in [3.8, 4) is 11.5 Å². The molecule has 1 rings (SSSR count). The van der Waals surface area contributed by atoms with E-state index in [9.17, 15) is 5.11 Å². The minimum absolute atomic E-state index is 0.0357. The third-order valence-corrected chi connectivity index (χ3v) is 2.07. The van der Waals surface area contributed by atoms with Crippen molar-refractivity contribution in [2.45, 2.75) is 12.5 Å². The fourth-order valence-corrected chi connectivity index (χ4v) is 1.24. The number of aliphatic hydroxyl groups excluding tert-OH is 1. The van der Waals surface area contributed by atoms with Gasteiger partial charge in [-0.15, -0.1) is 0 Å². The van der Waals surface area contributed by atoms with Crippen LogP contribution in [0.5, 0.6) is 11.5 Å². The Morgan fingerprint density at radius 2 is 2.21 bits per heavy atom. The number of nitrogens with two attached hydrogens (primary N) is 1. The fourth-order valence-electron chi connectivity index (χ4n) is 1.24. The van der Waals surface area contributed by atoms with Crippen LogP contribution in [0.15, 0.2) is 18.2 Å². The standard InChI is InChI=1S/C10H15NO3/c1-14-10-3-2-7(6-9(10)13)8(11)4-5-12/h2-3,6,8,12-13H,4-5,11H2,1H3. The van der Waals surface area contributed by atoms with E-state index in [1.165, 1.54) is 7.11 Å². The second kappa shape index (κ2) is 4.83. The van der Waals surface area contributed by atoms with Crippen LogP contribution in [-0.2, 0) is 0 Å². The lowest BCUT2D eigenvalue weighted by Gasteiger charge is -2.11. The predicted molar refractivity (Wildman–Crippen MR) is 53.3 cm³/mol. The third kappa shape index (κ3) is 2.37. The van der Waals surface area contributed by atoms with Crippen LogP contribution in [0.2, 0.25) is 0 Å². The van der Waals surface area contributed by atoms with Crippen molar-refractivity contribution in [1.29, 1.82) is 0 Å². The lowest BCUT2D eigenvalue weighted by Crippen LogP contribution is -2.11. The zero-order chi connectivity index (χ0) is 10.6. The van der Waals surface area contributed by atoms with E-state index >= 15 is 0 Å². The molecule has 4 nitrogen and oxygen atoms in total. The third-order valence-electron chi connectivity index (χ3n) is 2.07. The Hall–Kier alpha value is -1.26. The molecular weight excluding hydrogens is 182 g/mol. The van der Waals surface area contributed by atoms with E-state index in [0.29, 0.717) is 12.2 Å². The number of hydrogen-bond acceptors (Lipinski definition) is 4. The molecule has 14 heavy (non-hydrogen) atoms. The highest BCUT2D eigenvalue weighted by Gasteiger charge is 2.08. The zero-order valence-corrected chi connectivity index (χ0v) is 8.10. The first kappa shape index (κ1) is 10.8. The van der Waals surface area contributed by atoms with Crippen molar-refractivity contribution < 1.29 is 14.9 Å². The van der Waals surface area contributed by atoms with Crippen LogP contribution < -0.4 is 10.5 Å². The molecule has 0 heterocycles. The molecule has 1 aromatic carbocycles. The molecule has 1 aromatic rings. The average Bonchev–Trinajstić information content (AvgIpc) is 2.18. The Morgan fingerprint density at radius 1 is 1.50 bits per heavy atom. The number of rotatable bonds is 4. The smallest absolute Gasteiger partial charge is 0.160 e. The van der Waals surface area contributed by atoms with Gasteiger partial charge in [0.25, 0.3) is 0 Å². The highest BCUT2D eigenvalue weighted by molar-refractivity contribution is 5.42. The van der Waals surface area contributed by atoms with E-state index in [1.54, 1.807) is 18.2 Å². The van der Waals surface area contributed by atoms with Gasteiger partial charge in [-0.05, 0) is 24.1 Å². The first-order valence-corrected chi connectivity index (χ1v) is 4.42. The largest absolute Gasteiger partial charge is 0.504 e. The van der Waals surface area contributed by atoms with E-state index < -0.39 is 0 Å². The number of methoxy groups -OCH3 is 1. The van der Waals surface area contributed by atoms with Gasteiger partial charge < -0.3 is 20.7 Å². The molecule has 0 saturated heterocycles.